The van der Waals surface area contributed by atoms with Crippen LogP contribution in [0.3, 0.4) is 0 Å². The molecule has 1 rings (SSSR count). The first-order valence-electron chi connectivity index (χ1n) is 3.36. The lowest BCUT2D eigenvalue weighted by molar-refractivity contribution is 0.0785. The van der Waals surface area contributed by atoms with Gasteiger partial charge in [0.1, 0.15) is 12.8 Å². The lowest BCUT2D eigenvalue weighted by Gasteiger charge is -2.16. The molecule has 0 spiro atoms. The molecule has 1 aliphatic carbocycles. The molecule has 0 aliphatic heterocycles. The van der Waals surface area contributed by atoms with Gasteiger partial charge in [0, 0.05) is 20.0 Å². The lowest BCUT2D eigenvalue weighted by Crippen LogP contribution is -2.16. The highest BCUT2D eigenvalue weighted by atomic mass is 79.9. The second-order valence-corrected chi connectivity index (χ2v) is 3.57. The van der Waals surface area contributed by atoms with Gasteiger partial charge in [0.25, 0.3) is 0 Å². The van der Waals surface area contributed by atoms with E-state index in [9.17, 15) is 0 Å². The Kier molecular flexibility index (Phi) is 2.86. The molecule has 52 valence electrons. The van der Waals surface area contributed by atoms with Crippen LogP contribution in [-0.2, 0) is 4.74 Å². The molecule has 2 heteroatoms. The summed E-state index contributed by atoms with van der Waals surface area (Å²) in [6.45, 7) is 0. The number of ether oxygens (including phenoxy) is 1. The third-order valence-electron chi connectivity index (χ3n) is 1.81. The van der Waals surface area contributed by atoms with Gasteiger partial charge < -0.3 is 4.74 Å². The zero-order valence-electron chi connectivity index (χ0n) is 5.69. The van der Waals surface area contributed by atoms with Gasteiger partial charge in [0.05, 0.1) is 6.10 Å². The first kappa shape index (κ1) is 7.42. The van der Waals surface area contributed by atoms with Crippen LogP contribution < -0.4 is 0 Å². The van der Waals surface area contributed by atoms with E-state index in [1.807, 2.05) is 0 Å². The molecular weight excluding hydrogens is 180 g/mol. The first-order chi connectivity index (χ1) is 4.33. The smallest absolute Gasteiger partial charge is 0.198 e. The second kappa shape index (κ2) is 3.47. The predicted molar refractivity (Wildman–Crippen MR) is 41.4 cm³/mol. The monoisotopic (exact) mass is 191 g/mol. The van der Waals surface area contributed by atoms with E-state index in [0.717, 1.165) is 0 Å². The van der Waals surface area contributed by atoms with Gasteiger partial charge in [-0.2, -0.15) is 0 Å². The highest BCUT2D eigenvalue weighted by Gasteiger charge is 2.26. The zero-order chi connectivity index (χ0) is 6.69. The number of hydrogen-bond donors (Lipinski definition) is 0. The first-order valence-corrected chi connectivity index (χ1v) is 4.15. The molecule has 0 amide bonds. The fourth-order valence-electron chi connectivity index (χ4n) is 1.14. The van der Waals surface area contributed by atoms with Crippen molar-refractivity contribution in [2.24, 2.45) is 0 Å². The van der Waals surface area contributed by atoms with Gasteiger partial charge in [0.2, 0.25) is 0 Å². The largest absolute Gasteiger partial charge is 0.381 e. The SMILES string of the molecule is COC1CC[C+](Br)CC1. The molecule has 0 saturated heterocycles. The Balaban J connectivity index is 2.18. The summed E-state index contributed by atoms with van der Waals surface area (Å²) in [5.41, 5.74) is 0. The van der Waals surface area contributed by atoms with Crippen LogP contribution in [-0.4, -0.2) is 13.2 Å². The number of methoxy groups -OCH3 is 1. The van der Waals surface area contributed by atoms with Gasteiger partial charge in [-0.1, -0.05) is 0 Å². The van der Waals surface area contributed by atoms with Crippen molar-refractivity contribution in [1.29, 1.82) is 0 Å². The summed E-state index contributed by atoms with van der Waals surface area (Å²) < 4.78 is 5.21. The highest BCUT2D eigenvalue weighted by Crippen LogP contribution is 2.31. The maximum atomic E-state index is 5.21. The van der Waals surface area contributed by atoms with Gasteiger partial charge in [-0.05, 0) is 0 Å². The van der Waals surface area contributed by atoms with Crippen LogP contribution >= 0.6 is 15.9 Å². The minimum Gasteiger partial charge on any atom is -0.381 e. The van der Waals surface area contributed by atoms with Crippen LogP contribution in [0.1, 0.15) is 25.7 Å². The minimum absolute atomic E-state index is 0.520. The summed E-state index contributed by atoms with van der Waals surface area (Å²) >= 11 is 3.51. The molecule has 0 radical (unpaired) electrons. The molecule has 1 fully saturated rings. The van der Waals surface area contributed by atoms with Crippen molar-refractivity contribution in [3.63, 3.8) is 0 Å². The predicted octanol–water partition coefficient (Wildman–Crippen LogP) is 2.50. The summed E-state index contributed by atoms with van der Waals surface area (Å²) in [4.78, 5) is 1.45. The van der Waals surface area contributed by atoms with E-state index >= 15 is 0 Å². The molecule has 0 N–H and O–H groups in total. The normalized spacial score (nSPS) is 22.7. The van der Waals surface area contributed by atoms with Crippen molar-refractivity contribution < 1.29 is 4.74 Å². The van der Waals surface area contributed by atoms with E-state index in [1.54, 1.807) is 7.11 Å². The van der Waals surface area contributed by atoms with Crippen LogP contribution in [0, 0.1) is 4.83 Å². The summed E-state index contributed by atoms with van der Waals surface area (Å²) in [5, 5.41) is 0. The van der Waals surface area contributed by atoms with Crippen molar-refractivity contribution in [1.82, 2.24) is 0 Å². The fraction of sp³-hybridized carbons (Fsp3) is 0.857. The Morgan fingerprint density at radius 1 is 1.44 bits per heavy atom. The molecule has 1 aliphatic rings. The summed E-state index contributed by atoms with van der Waals surface area (Å²) in [5.74, 6) is 0. The molecule has 0 aromatic carbocycles. The molecule has 9 heavy (non-hydrogen) atoms. The maximum Gasteiger partial charge on any atom is 0.198 e. The molecule has 0 bridgehead atoms. The molecule has 1 saturated carbocycles. The van der Waals surface area contributed by atoms with Crippen LogP contribution in [0.2, 0.25) is 0 Å². The van der Waals surface area contributed by atoms with Crippen LogP contribution in [0.25, 0.3) is 0 Å². The topological polar surface area (TPSA) is 9.23 Å². The summed E-state index contributed by atoms with van der Waals surface area (Å²) in [6.07, 6.45) is 5.29. The molecule has 0 unspecified atom stereocenters. The van der Waals surface area contributed by atoms with E-state index in [4.69, 9.17) is 4.74 Å². The van der Waals surface area contributed by atoms with Gasteiger partial charge >= 0.3 is 0 Å². The van der Waals surface area contributed by atoms with Crippen molar-refractivity contribution in [2.75, 3.05) is 7.11 Å². The van der Waals surface area contributed by atoms with Crippen LogP contribution in [0.4, 0.5) is 0 Å². The van der Waals surface area contributed by atoms with E-state index in [-0.39, 0.29) is 0 Å². The molecule has 0 aromatic heterocycles. The number of halogens is 1. The van der Waals surface area contributed by atoms with E-state index in [2.05, 4.69) is 15.9 Å². The molecule has 0 heterocycles. The van der Waals surface area contributed by atoms with Crippen LogP contribution in [0.5, 0.6) is 0 Å². The fourth-order valence-corrected chi connectivity index (χ4v) is 1.60. The van der Waals surface area contributed by atoms with Gasteiger partial charge in [-0.25, -0.2) is 0 Å². The Bertz CT molecular complexity index is 77.0. The molecular formula is C7H12BrO+. The summed E-state index contributed by atoms with van der Waals surface area (Å²) in [7, 11) is 1.80. The van der Waals surface area contributed by atoms with E-state index < -0.39 is 0 Å². The van der Waals surface area contributed by atoms with Gasteiger partial charge in [-0.15, -0.1) is 0 Å². The third kappa shape index (κ3) is 2.18. The zero-order valence-corrected chi connectivity index (χ0v) is 7.28. The second-order valence-electron chi connectivity index (χ2n) is 2.45. The Morgan fingerprint density at radius 2 is 2.00 bits per heavy atom. The quantitative estimate of drug-likeness (QED) is 0.580. The standard InChI is InChI=1S/C7H12BrO/c1-9-7-4-2-6(8)3-5-7/h7H,2-5H2,1H3/q+1. The third-order valence-corrected chi connectivity index (χ3v) is 2.60. The molecule has 0 aromatic rings. The summed E-state index contributed by atoms with van der Waals surface area (Å²) in [6, 6.07) is 0. The number of hydrogen-bond acceptors (Lipinski definition) is 1. The van der Waals surface area contributed by atoms with E-state index in [1.165, 1.54) is 30.5 Å². The van der Waals surface area contributed by atoms with Gasteiger partial charge in [-0.3, -0.25) is 0 Å². The van der Waals surface area contributed by atoms with Crippen molar-refractivity contribution in [2.45, 2.75) is 31.8 Å². The van der Waals surface area contributed by atoms with E-state index in [0.29, 0.717) is 6.10 Å². The average molecular weight is 192 g/mol. The number of rotatable bonds is 1. The molecule has 0 atom stereocenters. The Labute approximate surface area is 64.9 Å². The maximum absolute atomic E-state index is 5.21. The average Bonchev–Trinajstić information content (AvgIpc) is 1.90. The van der Waals surface area contributed by atoms with Crippen molar-refractivity contribution >= 4 is 15.9 Å². The molecule has 1 nitrogen and oxygen atoms in total. The van der Waals surface area contributed by atoms with Crippen molar-refractivity contribution in [3.05, 3.63) is 4.83 Å². The Hall–Kier alpha value is 0.310. The van der Waals surface area contributed by atoms with Gasteiger partial charge in [0.15, 0.2) is 20.8 Å². The van der Waals surface area contributed by atoms with Crippen molar-refractivity contribution in [3.8, 4) is 0 Å². The lowest BCUT2D eigenvalue weighted by atomic mass is 9.98. The van der Waals surface area contributed by atoms with Crippen LogP contribution in [0.15, 0.2) is 0 Å². The Morgan fingerprint density at radius 3 is 2.44 bits per heavy atom. The minimum atomic E-state index is 0.520. The highest BCUT2D eigenvalue weighted by molar-refractivity contribution is 9.11.